The summed E-state index contributed by atoms with van der Waals surface area (Å²) in [5.74, 6) is 0.314. The Balaban J connectivity index is 1.58. The normalized spacial score (nSPS) is 17.0. The van der Waals surface area contributed by atoms with Crippen molar-refractivity contribution in [2.24, 2.45) is 0 Å². The summed E-state index contributed by atoms with van der Waals surface area (Å²) in [6, 6.07) is 8.49. The maximum atomic E-state index is 12.7. The van der Waals surface area contributed by atoms with Gasteiger partial charge in [0.1, 0.15) is 0 Å². The zero-order valence-electron chi connectivity index (χ0n) is 12.7. The molecule has 0 saturated carbocycles. The van der Waals surface area contributed by atoms with Crippen molar-refractivity contribution >= 4 is 16.7 Å². The second kappa shape index (κ2) is 5.13. The second-order valence-electron chi connectivity index (χ2n) is 6.07. The number of hydrogen-bond acceptors (Lipinski definition) is 2. The topological polar surface area (TPSA) is 50.7 Å². The summed E-state index contributed by atoms with van der Waals surface area (Å²) in [6.45, 7) is 2.00. The molecule has 1 unspecified atom stereocenters. The molecule has 0 aliphatic carbocycles. The van der Waals surface area contributed by atoms with Gasteiger partial charge in [0, 0.05) is 18.3 Å². The van der Waals surface area contributed by atoms with Crippen LogP contribution in [0.4, 0.5) is 0 Å². The summed E-state index contributed by atoms with van der Waals surface area (Å²) < 4.78 is 2.17. The van der Waals surface area contributed by atoms with Gasteiger partial charge in [-0.05, 0) is 43.2 Å². The molecule has 3 heterocycles. The molecule has 0 bridgehead atoms. The lowest BCUT2D eigenvalue weighted by Gasteiger charge is -2.25. The number of carbonyl (C=O) groups is 1. The summed E-state index contributed by atoms with van der Waals surface area (Å²) in [5, 5.41) is 1.23. The molecule has 3 aromatic rings. The molecular formula is C18H19N3O. The lowest BCUT2D eigenvalue weighted by molar-refractivity contribution is -0.122. The average Bonchev–Trinajstić information content (AvgIpc) is 3.14. The Hall–Kier alpha value is -2.36. The number of ketones is 1. The largest absolute Gasteiger partial charge is 0.348 e. The monoisotopic (exact) mass is 293 g/mol. The highest BCUT2D eigenvalue weighted by Gasteiger charge is 2.26. The number of benzene rings is 1. The summed E-state index contributed by atoms with van der Waals surface area (Å²) in [5.41, 5.74) is 4.66. The Morgan fingerprint density at radius 3 is 3.14 bits per heavy atom. The van der Waals surface area contributed by atoms with E-state index in [-0.39, 0.29) is 6.04 Å². The Labute approximate surface area is 129 Å². The highest BCUT2D eigenvalue weighted by molar-refractivity contribution is 5.89. The van der Waals surface area contributed by atoms with E-state index < -0.39 is 0 Å². The number of aromatic nitrogens is 3. The van der Waals surface area contributed by atoms with Gasteiger partial charge in [-0.2, -0.15) is 0 Å². The van der Waals surface area contributed by atoms with Crippen LogP contribution in [-0.2, 0) is 17.6 Å². The molecule has 4 rings (SSSR count). The van der Waals surface area contributed by atoms with E-state index in [2.05, 4.69) is 45.0 Å². The first-order valence-electron chi connectivity index (χ1n) is 7.84. The maximum absolute atomic E-state index is 12.7. The summed E-state index contributed by atoms with van der Waals surface area (Å²) in [4.78, 5) is 20.0. The molecule has 1 aliphatic heterocycles. The van der Waals surface area contributed by atoms with Gasteiger partial charge in [0.25, 0.3) is 0 Å². The molecule has 0 spiro atoms. The van der Waals surface area contributed by atoms with Crippen LogP contribution in [0.25, 0.3) is 10.9 Å². The van der Waals surface area contributed by atoms with Gasteiger partial charge in [0.05, 0.1) is 23.6 Å². The number of carbonyl (C=O) groups excluding carboxylic acids is 1. The first-order valence-corrected chi connectivity index (χ1v) is 7.84. The third kappa shape index (κ3) is 2.06. The molecule has 2 aromatic heterocycles. The Morgan fingerprint density at radius 1 is 1.41 bits per heavy atom. The third-order valence-electron chi connectivity index (χ3n) is 4.76. The van der Waals surface area contributed by atoms with Crippen molar-refractivity contribution in [1.82, 2.24) is 14.5 Å². The van der Waals surface area contributed by atoms with Crippen molar-refractivity contribution in [2.45, 2.75) is 38.6 Å². The van der Waals surface area contributed by atoms with Gasteiger partial charge >= 0.3 is 0 Å². The van der Waals surface area contributed by atoms with Gasteiger partial charge in [-0.3, -0.25) is 4.79 Å². The molecule has 1 atom stereocenters. The van der Waals surface area contributed by atoms with E-state index in [1.165, 1.54) is 16.5 Å². The minimum Gasteiger partial charge on any atom is -0.348 e. The van der Waals surface area contributed by atoms with Gasteiger partial charge in [0.15, 0.2) is 5.78 Å². The number of aryl methyl sites for hydroxylation is 3. The lowest BCUT2D eigenvalue weighted by Crippen LogP contribution is -2.23. The van der Waals surface area contributed by atoms with Crippen LogP contribution >= 0.6 is 0 Å². The molecule has 0 amide bonds. The number of hydrogen-bond donors (Lipinski definition) is 1. The predicted molar refractivity (Wildman–Crippen MR) is 85.9 cm³/mol. The van der Waals surface area contributed by atoms with Crippen LogP contribution in [0.15, 0.2) is 36.8 Å². The molecule has 0 radical (unpaired) electrons. The van der Waals surface area contributed by atoms with Crippen molar-refractivity contribution in [3.63, 3.8) is 0 Å². The fraction of sp³-hybridized carbons (Fsp3) is 0.333. The predicted octanol–water partition coefficient (Wildman–Crippen LogP) is 3.36. The number of rotatable bonds is 4. The minimum absolute atomic E-state index is 0.0216. The number of para-hydroxylation sites is 1. The van der Waals surface area contributed by atoms with Crippen molar-refractivity contribution in [1.29, 1.82) is 0 Å². The van der Waals surface area contributed by atoms with Crippen molar-refractivity contribution in [3.8, 4) is 0 Å². The molecule has 1 aliphatic rings. The van der Waals surface area contributed by atoms with E-state index in [4.69, 9.17) is 0 Å². The quantitative estimate of drug-likeness (QED) is 0.802. The van der Waals surface area contributed by atoms with Gasteiger partial charge in [0.2, 0.25) is 0 Å². The molecule has 112 valence electrons. The number of nitrogens with zero attached hydrogens (tertiary/aromatic N) is 2. The van der Waals surface area contributed by atoms with Crippen LogP contribution in [0.3, 0.4) is 0 Å². The molecule has 1 N–H and O–H groups in total. The van der Waals surface area contributed by atoms with E-state index in [0.717, 1.165) is 30.7 Å². The van der Waals surface area contributed by atoms with E-state index in [9.17, 15) is 4.79 Å². The Kier molecular flexibility index (Phi) is 3.10. The van der Waals surface area contributed by atoms with Crippen molar-refractivity contribution in [3.05, 3.63) is 53.7 Å². The Morgan fingerprint density at radius 2 is 2.32 bits per heavy atom. The molecule has 4 heteroatoms. The van der Waals surface area contributed by atoms with E-state index in [1.54, 1.807) is 6.33 Å². The maximum Gasteiger partial charge on any atom is 0.155 e. The third-order valence-corrected chi connectivity index (χ3v) is 4.76. The highest BCUT2D eigenvalue weighted by atomic mass is 16.1. The fourth-order valence-electron chi connectivity index (χ4n) is 3.55. The van der Waals surface area contributed by atoms with E-state index in [1.807, 2.05) is 6.92 Å². The lowest BCUT2D eigenvalue weighted by atomic mass is 9.94. The summed E-state index contributed by atoms with van der Waals surface area (Å²) in [7, 11) is 0. The highest BCUT2D eigenvalue weighted by Crippen LogP contribution is 2.33. The number of Topliss-reactive ketones (excluding diaryl/α,β-unsaturated/α-hetero) is 1. The average molecular weight is 293 g/mol. The van der Waals surface area contributed by atoms with Gasteiger partial charge in [-0.1, -0.05) is 18.2 Å². The fourth-order valence-corrected chi connectivity index (χ4v) is 3.55. The number of nitrogens with one attached hydrogen (secondary N) is 1. The molecule has 0 saturated heterocycles. The van der Waals surface area contributed by atoms with Gasteiger partial charge in [-0.15, -0.1) is 0 Å². The first-order chi connectivity index (χ1) is 10.7. The standard InChI is InChI=1S/C18H19N3O/c1-12-15(20-11-19-12)6-8-17(22)16-7-5-13-3-2-4-14-9-10-21(16)18(13)14/h2-4,9-11,16H,5-8H2,1H3,(H,19,20). The van der Waals surface area contributed by atoms with Gasteiger partial charge < -0.3 is 9.55 Å². The first kappa shape index (κ1) is 13.3. The van der Waals surface area contributed by atoms with Crippen LogP contribution < -0.4 is 0 Å². The van der Waals surface area contributed by atoms with Crippen LogP contribution in [0, 0.1) is 6.92 Å². The molecular weight excluding hydrogens is 274 g/mol. The van der Waals surface area contributed by atoms with Crippen molar-refractivity contribution < 1.29 is 4.79 Å². The zero-order chi connectivity index (χ0) is 15.1. The Bertz CT molecular complexity index is 843. The van der Waals surface area contributed by atoms with E-state index in [0.29, 0.717) is 12.2 Å². The van der Waals surface area contributed by atoms with Crippen LogP contribution in [0.1, 0.15) is 35.8 Å². The smallest absolute Gasteiger partial charge is 0.155 e. The number of imidazole rings is 1. The molecule has 0 fully saturated rings. The molecule has 22 heavy (non-hydrogen) atoms. The SMILES string of the molecule is Cc1[nH]cnc1CCC(=O)C1CCc2cccc3ccn1c23. The summed E-state index contributed by atoms with van der Waals surface area (Å²) in [6.07, 6.45) is 6.92. The van der Waals surface area contributed by atoms with Crippen LogP contribution in [0.2, 0.25) is 0 Å². The second-order valence-corrected chi connectivity index (χ2v) is 6.07. The molecule has 4 nitrogen and oxygen atoms in total. The van der Waals surface area contributed by atoms with Crippen molar-refractivity contribution in [2.75, 3.05) is 0 Å². The number of aromatic amines is 1. The van der Waals surface area contributed by atoms with Crippen LogP contribution in [0.5, 0.6) is 0 Å². The summed E-state index contributed by atoms with van der Waals surface area (Å²) >= 11 is 0. The zero-order valence-corrected chi connectivity index (χ0v) is 12.7. The van der Waals surface area contributed by atoms with Crippen LogP contribution in [-0.4, -0.2) is 20.3 Å². The van der Waals surface area contributed by atoms with E-state index >= 15 is 0 Å². The van der Waals surface area contributed by atoms with Gasteiger partial charge in [-0.25, -0.2) is 4.98 Å². The number of H-pyrrole nitrogens is 1. The molecule has 1 aromatic carbocycles. The minimum atomic E-state index is -0.0216.